The van der Waals surface area contributed by atoms with Gasteiger partial charge < -0.3 is 10.5 Å². The van der Waals surface area contributed by atoms with Crippen LogP contribution in [0, 0.1) is 6.92 Å². The van der Waals surface area contributed by atoms with Gasteiger partial charge in [0.25, 0.3) is 0 Å². The zero-order valence-corrected chi connectivity index (χ0v) is 12.9. The highest BCUT2D eigenvalue weighted by Gasteiger charge is 2.08. The molecule has 3 nitrogen and oxygen atoms in total. The number of aryl methyl sites for hydroxylation is 1. The fraction of sp³-hybridized carbons (Fsp3) is 0.389. The van der Waals surface area contributed by atoms with Gasteiger partial charge in [0, 0.05) is 24.4 Å². The lowest BCUT2D eigenvalue weighted by atomic mass is 10.0. The minimum Gasteiger partial charge on any atom is -0.493 e. The SMILES string of the molecule is CCC(N)Cc1cc(C)ccc1OCCc1ccccn1. The Labute approximate surface area is 127 Å². The van der Waals surface area contributed by atoms with Gasteiger partial charge in [0.05, 0.1) is 6.61 Å². The number of benzene rings is 1. The molecule has 21 heavy (non-hydrogen) atoms. The fourth-order valence-electron chi connectivity index (χ4n) is 2.25. The average Bonchev–Trinajstić information content (AvgIpc) is 2.50. The van der Waals surface area contributed by atoms with Crippen LogP contribution in [0.4, 0.5) is 0 Å². The largest absolute Gasteiger partial charge is 0.493 e. The number of nitrogens with zero attached hydrogens (tertiary/aromatic N) is 1. The van der Waals surface area contributed by atoms with E-state index in [1.54, 1.807) is 0 Å². The number of rotatable bonds is 7. The number of hydrogen-bond acceptors (Lipinski definition) is 3. The molecule has 0 amide bonds. The molecule has 0 aliphatic carbocycles. The summed E-state index contributed by atoms with van der Waals surface area (Å²) >= 11 is 0. The van der Waals surface area contributed by atoms with E-state index in [1.807, 2.05) is 30.5 Å². The van der Waals surface area contributed by atoms with Gasteiger partial charge in [-0.25, -0.2) is 0 Å². The summed E-state index contributed by atoms with van der Waals surface area (Å²) in [6.45, 7) is 4.84. The van der Waals surface area contributed by atoms with Crippen molar-refractivity contribution in [2.24, 2.45) is 5.73 Å². The van der Waals surface area contributed by atoms with Crippen molar-refractivity contribution in [1.82, 2.24) is 4.98 Å². The summed E-state index contributed by atoms with van der Waals surface area (Å²) in [5, 5.41) is 0. The standard InChI is InChI=1S/C18H24N2O/c1-3-16(19)13-15-12-14(2)7-8-18(15)21-11-9-17-6-4-5-10-20-17/h4-8,10,12,16H,3,9,11,13,19H2,1-2H3. The van der Waals surface area contributed by atoms with E-state index in [1.165, 1.54) is 11.1 Å². The number of aromatic nitrogens is 1. The van der Waals surface area contributed by atoms with Crippen molar-refractivity contribution < 1.29 is 4.74 Å². The van der Waals surface area contributed by atoms with E-state index < -0.39 is 0 Å². The molecule has 1 atom stereocenters. The Morgan fingerprint density at radius 1 is 1.24 bits per heavy atom. The van der Waals surface area contributed by atoms with Crippen LogP contribution in [0.25, 0.3) is 0 Å². The lowest BCUT2D eigenvalue weighted by Crippen LogP contribution is -2.22. The average molecular weight is 284 g/mol. The summed E-state index contributed by atoms with van der Waals surface area (Å²) in [7, 11) is 0. The van der Waals surface area contributed by atoms with Crippen molar-refractivity contribution in [2.45, 2.75) is 39.2 Å². The van der Waals surface area contributed by atoms with Gasteiger partial charge >= 0.3 is 0 Å². The van der Waals surface area contributed by atoms with Crippen LogP contribution >= 0.6 is 0 Å². The number of pyridine rings is 1. The maximum absolute atomic E-state index is 6.08. The van der Waals surface area contributed by atoms with E-state index in [0.29, 0.717) is 6.61 Å². The first-order valence-corrected chi connectivity index (χ1v) is 7.57. The molecule has 0 aliphatic heterocycles. The van der Waals surface area contributed by atoms with Gasteiger partial charge in [-0.05, 0) is 43.5 Å². The molecule has 3 heteroatoms. The van der Waals surface area contributed by atoms with E-state index in [0.717, 1.165) is 30.7 Å². The van der Waals surface area contributed by atoms with Gasteiger partial charge in [-0.15, -0.1) is 0 Å². The molecule has 1 heterocycles. The molecule has 2 aromatic rings. The predicted molar refractivity (Wildman–Crippen MR) is 86.6 cm³/mol. The molecule has 2 rings (SSSR count). The molecule has 0 fully saturated rings. The van der Waals surface area contributed by atoms with Crippen molar-refractivity contribution in [1.29, 1.82) is 0 Å². The summed E-state index contributed by atoms with van der Waals surface area (Å²) in [5.41, 5.74) is 9.57. The predicted octanol–water partition coefficient (Wildman–Crippen LogP) is 3.29. The first-order chi connectivity index (χ1) is 10.2. The maximum Gasteiger partial charge on any atom is 0.122 e. The van der Waals surface area contributed by atoms with Gasteiger partial charge in [0.15, 0.2) is 0 Å². The van der Waals surface area contributed by atoms with Crippen LogP contribution in [0.3, 0.4) is 0 Å². The second-order valence-electron chi connectivity index (χ2n) is 5.40. The van der Waals surface area contributed by atoms with Crippen LogP contribution < -0.4 is 10.5 Å². The first-order valence-electron chi connectivity index (χ1n) is 7.57. The van der Waals surface area contributed by atoms with E-state index >= 15 is 0 Å². The van der Waals surface area contributed by atoms with Crippen molar-refractivity contribution in [3.05, 3.63) is 59.4 Å². The second-order valence-corrected chi connectivity index (χ2v) is 5.40. The third-order valence-corrected chi connectivity index (χ3v) is 3.56. The van der Waals surface area contributed by atoms with E-state index in [4.69, 9.17) is 10.5 Å². The Morgan fingerprint density at radius 3 is 2.81 bits per heavy atom. The minimum absolute atomic E-state index is 0.185. The van der Waals surface area contributed by atoms with Crippen LogP contribution in [0.1, 0.15) is 30.2 Å². The maximum atomic E-state index is 6.08. The van der Waals surface area contributed by atoms with Gasteiger partial charge in [-0.2, -0.15) is 0 Å². The smallest absolute Gasteiger partial charge is 0.122 e. The molecule has 0 aliphatic rings. The fourth-order valence-corrected chi connectivity index (χ4v) is 2.25. The quantitative estimate of drug-likeness (QED) is 0.848. The van der Waals surface area contributed by atoms with Crippen LogP contribution in [0.5, 0.6) is 5.75 Å². The number of hydrogen-bond donors (Lipinski definition) is 1. The lowest BCUT2D eigenvalue weighted by Gasteiger charge is -2.15. The molecule has 112 valence electrons. The van der Waals surface area contributed by atoms with Crippen LogP contribution in [0.2, 0.25) is 0 Å². The van der Waals surface area contributed by atoms with Gasteiger partial charge in [-0.3, -0.25) is 4.98 Å². The zero-order valence-electron chi connectivity index (χ0n) is 12.9. The molecule has 1 unspecified atom stereocenters. The first kappa shape index (κ1) is 15.5. The minimum atomic E-state index is 0.185. The molecule has 0 saturated heterocycles. The summed E-state index contributed by atoms with van der Waals surface area (Å²) in [6.07, 6.45) is 4.46. The monoisotopic (exact) mass is 284 g/mol. The summed E-state index contributed by atoms with van der Waals surface area (Å²) in [5.74, 6) is 0.945. The highest BCUT2D eigenvalue weighted by atomic mass is 16.5. The van der Waals surface area contributed by atoms with Gasteiger partial charge in [0.1, 0.15) is 5.75 Å². The lowest BCUT2D eigenvalue weighted by molar-refractivity contribution is 0.316. The Kier molecular flexibility index (Phi) is 5.76. The van der Waals surface area contributed by atoms with E-state index in [2.05, 4.69) is 31.0 Å². The second kappa shape index (κ2) is 7.79. The Morgan fingerprint density at radius 2 is 2.10 bits per heavy atom. The molecule has 0 radical (unpaired) electrons. The van der Waals surface area contributed by atoms with Gasteiger partial charge in [0.2, 0.25) is 0 Å². The zero-order chi connectivity index (χ0) is 15.1. The van der Waals surface area contributed by atoms with Crippen molar-refractivity contribution in [3.63, 3.8) is 0 Å². The number of nitrogens with two attached hydrogens (primary N) is 1. The summed E-state index contributed by atoms with van der Waals surface area (Å²) in [4.78, 5) is 4.31. The molecule has 0 saturated carbocycles. The highest BCUT2D eigenvalue weighted by Crippen LogP contribution is 2.22. The van der Waals surface area contributed by atoms with Crippen LogP contribution in [-0.4, -0.2) is 17.6 Å². The molecule has 0 spiro atoms. The Hall–Kier alpha value is -1.87. The third kappa shape index (κ3) is 4.87. The normalized spacial score (nSPS) is 12.1. The highest BCUT2D eigenvalue weighted by molar-refractivity contribution is 5.37. The third-order valence-electron chi connectivity index (χ3n) is 3.56. The van der Waals surface area contributed by atoms with Crippen molar-refractivity contribution in [2.75, 3.05) is 6.61 Å². The van der Waals surface area contributed by atoms with Crippen LogP contribution in [0.15, 0.2) is 42.6 Å². The molecule has 0 bridgehead atoms. The molecule has 2 N–H and O–H groups in total. The van der Waals surface area contributed by atoms with E-state index in [9.17, 15) is 0 Å². The molecular formula is C18H24N2O. The molecular weight excluding hydrogens is 260 g/mol. The van der Waals surface area contributed by atoms with Crippen molar-refractivity contribution >= 4 is 0 Å². The van der Waals surface area contributed by atoms with E-state index in [-0.39, 0.29) is 6.04 Å². The molecule has 1 aromatic carbocycles. The number of ether oxygens (including phenoxy) is 1. The summed E-state index contributed by atoms with van der Waals surface area (Å²) < 4.78 is 5.95. The Balaban J connectivity index is 1.98. The molecule has 1 aromatic heterocycles. The van der Waals surface area contributed by atoms with Crippen LogP contribution in [-0.2, 0) is 12.8 Å². The summed E-state index contributed by atoms with van der Waals surface area (Å²) in [6, 6.07) is 12.4. The van der Waals surface area contributed by atoms with Gasteiger partial charge in [-0.1, -0.05) is 30.7 Å². The Bertz CT molecular complexity index is 554. The van der Waals surface area contributed by atoms with Crippen molar-refractivity contribution in [3.8, 4) is 5.75 Å². The topological polar surface area (TPSA) is 48.1 Å².